The van der Waals surface area contributed by atoms with E-state index in [1.54, 1.807) is 19.1 Å². The standard InChI is InChI=1S/C19H25N3O3S/c1-22(12-15-10-6-7-11-16(15)24-2)17(23)13-26-19-21-20-18(25-19)14-8-4-3-5-9-14/h6-7,10-11,14H,3-5,8-9,12-13H2,1-2H3. The zero-order chi connectivity index (χ0) is 18.4. The van der Waals surface area contributed by atoms with Crippen molar-refractivity contribution in [2.75, 3.05) is 19.9 Å². The Bertz CT molecular complexity index is 728. The Morgan fingerprint density at radius 2 is 2.04 bits per heavy atom. The Hall–Kier alpha value is -2.02. The average molecular weight is 375 g/mol. The van der Waals surface area contributed by atoms with E-state index >= 15 is 0 Å². The molecule has 2 aromatic rings. The first-order valence-electron chi connectivity index (χ1n) is 8.99. The minimum atomic E-state index is 0.0123. The molecule has 0 saturated heterocycles. The van der Waals surface area contributed by atoms with Gasteiger partial charge in [-0.2, -0.15) is 0 Å². The van der Waals surface area contributed by atoms with Gasteiger partial charge in [0.05, 0.1) is 12.9 Å². The van der Waals surface area contributed by atoms with Crippen molar-refractivity contribution in [2.24, 2.45) is 0 Å². The van der Waals surface area contributed by atoms with E-state index < -0.39 is 0 Å². The van der Waals surface area contributed by atoms with Crippen LogP contribution in [-0.4, -0.2) is 40.9 Å². The Morgan fingerprint density at radius 1 is 1.27 bits per heavy atom. The summed E-state index contributed by atoms with van der Waals surface area (Å²) in [6, 6.07) is 7.72. The zero-order valence-electron chi connectivity index (χ0n) is 15.3. The van der Waals surface area contributed by atoms with Crippen LogP contribution >= 0.6 is 11.8 Å². The van der Waals surface area contributed by atoms with Crippen LogP contribution in [0.25, 0.3) is 0 Å². The number of methoxy groups -OCH3 is 1. The maximum absolute atomic E-state index is 12.4. The van der Waals surface area contributed by atoms with Gasteiger partial charge in [-0.25, -0.2) is 0 Å². The SMILES string of the molecule is COc1ccccc1CN(C)C(=O)CSc1nnc(C2CCCCC2)o1. The molecule has 1 amide bonds. The van der Waals surface area contributed by atoms with Crippen LogP contribution in [0.3, 0.4) is 0 Å². The summed E-state index contributed by atoms with van der Waals surface area (Å²) in [6.45, 7) is 0.501. The van der Waals surface area contributed by atoms with E-state index in [-0.39, 0.29) is 11.7 Å². The molecular weight excluding hydrogens is 350 g/mol. The smallest absolute Gasteiger partial charge is 0.277 e. The maximum Gasteiger partial charge on any atom is 0.277 e. The van der Waals surface area contributed by atoms with Gasteiger partial charge < -0.3 is 14.1 Å². The number of ether oxygens (including phenoxy) is 1. The van der Waals surface area contributed by atoms with Crippen molar-refractivity contribution in [1.29, 1.82) is 0 Å². The molecule has 26 heavy (non-hydrogen) atoms. The molecule has 7 heteroatoms. The molecule has 140 valence electrons. The normalized spacial score (nSPS) is 15.0. The second-order valence-electron chi connectivity index (χ2n) is 6.59. The highest BCUT2D eigenvalue weighted by molar-refractivity contribution is 7.99. The molecule has 1 aliphatic rings. The monoisotopic (exact) mass is 375 g/mol. The van der Waals surface area contributed by atoms with Crippen LogP contribution in [0.2, 0.25) is 0 Å². The van der Waals surface area contributed by atoms with Crippen LogP contribution < -0.4 is 4.74 Å². The summed E-state index contributed by atoms with van der Waals surface area (Å²) in [5.74, 6) is 2.18. The van der Waals surface area contributed by atoms with Gasteiger partial charge in [0.1, 0.15) is 5.75 Å². The van der Waals surface area contributed by atoms with Gasteiger partial charge in [-0.05, 0) is 18.9 Å². The number of thioether (sulfide) groups is 1. The summed E-state index contributed by atoms with van der Waals surface area (Å²) < 4.78 is 11.1. The lowest BCUT2D eigenvalue weighted by atomic mass is 9.89. The van der Waals surface area contributed by atoms with E-state index in [9.17, 15) is 4.79 Å². The molecule has 1 heterocycles. The van der Waals surface area contributed by atoms with E-state index in [0.29, 0.717) is 17.7 Å². The zero-order valence-corrected chi connectivity index (χ0v) is 16.1. The lowest BCUT2D eigenvalue weighted by Gasteiger charge is -2.18. The number of amides is 1. The minimum Gasteiger partial charge on any atom is -0.496 e. The second kappa shape index (κ2) is 9.07. The van der Waals surface area contributed by atoms with E-state index in [0.717, 1.165) is 30.0 Å². The van der Waals surface area contributed by atoms with E-state index in [4.69, 9.17) is 9.15 Å². The van der Waals surface area contributed by atoms with Gasteiger partial charge in [0, 0.05) is 25.1 Å². The molecule has 1 aromatic heterocycles. The van der Waals surface area contributed by atoms with Gasteiger partial charge in [-0.15, -0.1) is 10.2 Å². The number of nitrogens with zero attached hydrogens (tertiary/aromatic N) is 3. The van der Waals surface area contributed by atoms with Gasteiger partial charge in [0.2, 0.25) is 11.8 Å². The topological polar surface area (TPSA) is 68.5 Å². The first-order chi connectivity index (χ1) is 12.7. The molecular formula is C19H25N3O3S. The third kappa shape index (κ3) is 4.78. The molecule has 0 aliphatic heterocycles. The summed E-state index contributed by atoms with van der Waals surface area (Å²) >= 11 is 1.30. The predicted octanol–water partition coefficient (Wildman–Crippen LogP) is 3.88. The van der Waals surface area contributed by atoms with Gasteiger partial charge in [0.25, 0.3) is 5.22 Å². The van der Waals surface area contributed by atoms with Crippen LogP contribution in [0.15, 0.2) is 33.9 Å². The fourth-order valence-electron chi connectivity index (χ4n) is 3.20. The quantitative estimate of drug-likeness (QED) is 0.684. The van der Waals surface area contributed by atoms with Crippen LogP contribution in [0.4, 0.5) is 0 Å². The van der Waals surface area contributed by atoms with E-state index in [1.165, 1.54) is 31.0 Å². The summed E-state index contributed by atoms with van der Waals surface area (Å²) in [7, 11) is 3.42. The highest BCUT2D eigenvalue weighted by atomic mass is 32.2. The molecule has 0 radical (unpaired) electrons. The molecule has 1 saturated carbocycles. The van der Waals surface area contributed by atoms with E-state index in [1.807, 2.05) is 24.3 Å². The number of benzene rings is 1. The highest BCUT2D eigenvalue weighted by Gasteiger charge is 2.22. The number of para-hydroxylation sites is 1. The molecule has 0 unspecified atom stereocenters. The van der Waals surface area contributed by atoms with Crippen molar-refractivity contribution in [3.05, 3.63) is 35.7 Å². The highest BCUT2D eigenvalue weighted by Crippen LogP contribution is 2.33. The van der Waals surface area contributed by atoms with Gasteiger partial charge in [0.15, 0.2) is 0 Å². The third-order valence-electron chi connectivity index (χ3n) is 4.72. The van der Waals surface area contributed by atoms with Crippen molar-refractivity contribution in [3.8, 4) is 5.75 Å². The Labute approximate surface area is 158 Å². The Morgan fingerprint density at radius 3 is 2.81 bits per heavy atom. The first-order valence-corrected chi connectivity index (χ1v) is 9.98. The van der Waals surface area contributed by atoms with Crippen molar-refractivity contribution in [1.82, 2.24) is 15.1 Å². The Kier molecular flexibility index (Phi) is 6.55. The maximum atomic E-state index is 12.4. The summed E-state index contributed by atoms with van der Waals surface area (Å²) in [4.78, 5) is 14.1. The van der Waals surface area contributed by atoms with Gasteiger partial charge in [-0.1, -0.05) is 49.2 Å². The molecule has 0 spiro atoms. The Balaban J connectivity index is 1.51. The fourth-order valence-corrected chi connectivity index (χ4v) is 3.91. The molecule has 1 aliphatic carbocycles. The number of carbonyl (C=O) groups excluding carboxylic acids is 1. The van der Waals surface area contributed by atoms with Crippen LogP contribution in [0.5, 0.6) is 5.75 Å². The lowest BCUT2D eigenvalue weighted by molar-refractivity contribution is -0.127. The van der Waals surface area contributed by atoms with E-state index in [2.05, 4.69) is 10.2 Å². The third-order valence-corrected chi connectivity index (χ3v) is 5.52. The summed E-state index contributed by atoms with van der Waals surface area (Å²) in [6.07, 6.45) is 5.97. The molecule has 1 fully saturated rings. The van der Waals surface area contributed by atoms with Crippen LogP contribution in [0.1, 0.15) is 49.5 Å². The van der Waals surface area contributed by atoms with Crippen molar-refractivity contribution in [2.45, 2.75) is 49.8 Å². The van der Waals surface area contributed by atoms with Crippen LogP contribution in [-0.2, 0) is 11.3 Å². The first kappa shape index (κ1) is 18.8. The van der Waals surface area contributed by atoms with Gasteiger partial charge in [-0.3, -0.25) is 4.79 Å². The minimum absolute atomic E-state index is 0.0123. The number of carbonyl (C=O) groups is 1. The molecule has 6 nitrogen and oxygen atoms in total. The number of rotatable bonds is 7. The average Bonchev–Trinajstić information content (AvgIpc) is 3.16. The second-order valence-corrected chi connectivity index (χ2v) is 7.52. The predicted molar refractivity (Wildman–Crippen MR) is 100 cm³/mol. The van der Waals surface area contributed by atoms with Crippen molar-refractivity contribution < 1.29 is 13.9 Å². The molecule has 1 aromatic carbocycles. The molecule has 0 atom stereocenters. The van der Waals surface area contributed by atoms with Crippen molar-refractivity contribution >= 4 is 17.7 Å². The number of aromatic nitrogens is 2. The summed E-state index contributed by atoms with van der Waals surface area (Å²) in [5.41, 5.74) is 0.980. The van der Waals surface area contributed by atoms with Gasteiger partial charge >= 0.3 is 0 Å². The number of hydrogen-bond donors (Lipinski definition) is 0. The lowest BCUT2D eigenvalue weighted by Crippen LogP contribution is -2.28. The van der Waals surface area contributed by atoms with Crippen molar-refractivity contribution in [3.63, 3.8) is 0 Å². The number of hydrogen-bond acceptors (Lipinski definition) is 6. The molecule has 3 rings (SSSR count). The fraction of sp³-hybridized carbons (Fsp3) is 0.526. The van der Waals surface area contributed by atoms with Crippen LogP contribution in [0, 0.1) is 0 Å². The largest absolute Gasteiger partial charge is 0.496 e. The molecule has 0 bridgehead atoms. The summed E-state index contributed by atoms with van der Waals surface area (Å²) in [5, 5.41) is 8.74. The molecule has 0 N–H and O–H groups in total.